The Hall–Kier alpha value is -2.21. The van der Waals surface area contributed by atoms with Gasteiger partial charge in [-0.25, -0.2) is 0 Å². The molecule has 0 aliphatic carbocycles. The first kappa shape index (κ1) is 25.8. The number of allylic oxidation sites excluding steroid dienone is 8. The monoisotopic (exact) mass is 390 g/mol. The van der Waals surface area contributed by atoms with Crippen molar-refractivity contribution in [2.75, 3.05) is 7.11 Å². The third kappa shape index (κ3) is 16.0. The molecule has 5 nitrogen and oxygen atoms in total. The first-order chi connectivity index (χ1) is 13.5. The molecule has 0 bridgehead atoms. The second-order valence-electron chi connectivity index (χ2n) is 6.10. The zero-order valence-corrected chi connectivity index (χ0v) is 16.9. The molecule has 0 saturated carbocycles. The van der Waals surface area contributed by atoms with Crippen molar-refractivity contribution in [3.05, 3.63) is 72.9 Å². The molecule has 0 aromatic heterocycles. The fourth-order valence-electron chi connectivity index (χ4n) is 2.03. The molecular formula is C23H34O5. The van der Waals surface area contributed by atoms with Crippen LogP contribution < -0.4 is 0 Å². The van der Waals surface area contributed by atoms with Crippen LogP contribution in [0.4, 0.5) is 0 Å². The van der Waals surface area contributed by atoms with Crippen LogP contribution >= 0.6 is 0 Å². The molecule has 5 heteroatoms. The van der Waals surface area contributed by atoms with E-state index < -0.39 is 18.3 Å². The van der Waals surface area contributed by atoms with Crippen molar-refractivity contribution < 1.29 is 24.9 Å². The minimum atomic E-state index is -0.967. The SMILES string of the molecule is CC/C=C\C[C@H](O)/C=C/C=C\C=C\C=C\[C@@H](O)[C@@H](O)C/C=C\CCC(=O)OC. The zero-order valence-electron chi connectivity index (χ0n) is 16.9. The molecule has 3 N–H and O–H groups in total. The number of rotatable bonds is 14. The van der Waals surface area contributed by atoms with Crippen molar-refractivity contribution in [1.82, 2.24) is 0 Å². The summed E-state index contributed by atoms with van der Waals surface area (Å²) in [7, 11) is 1.34. The van der Waals surface area contributed by atoms with Crippen LogP contribution in [0.5, 0.6) is 0 Å². The highest BCUT2D eigenvalue weighted by atomic mass is 16.5. The molecule has 3 atom stereocenters. The lowest BCUT2D eigenvalue weighted by atomic mass is 10.1. The summed E-state index contributed by atoms with van der Waals surface area (Å²) < 4.78 is 4.53. The second-order valence-corrected chi connectivity index (χ2v) is 6.10. The molecule has 0 fully saturated rings. The Kier molecular flexibility index (Phi) is 16.7. The lowest BCUT2D eigenvalue weighted by Crippen LogP contribution is -2.22. The Morgan fingerprint density at radius 3 is 2.11 bits per heavy atom. The van der Waals surface area contributed by atoms with Crippen molar-refractivity contribution in [2.24, 2.45) is 0 Å². The van der Waals surface area contributed by atoms with Gasteiger partial charge in [0, 0.05) is 6.42 Å². The summed E-state index contributed by atoms with van der Waals surface area (Å²) in [6.45, 7) is 2.05. The van der Waals surface area contributed by atoms with E-state index in [0.29, 0.717) is 25.7 Å². The molecular weight excluding hydrogens is 356 g/mol. The third-order valence-corrected chi connectivity index (χ3v) is 3.66. The summed E-state index contributed by atoms with van der Waals surface area (Å²) in [4.78, 5) is 10.9. The van der Waals surface area contributed by atoms with Gasteiger partial charge in [0.1, 0.15) is 0 Å². The lowest BCUT2D eigenvalue weighted by molar-refractivity contribution is -0.140. The predicted octanol–water partition coefficient (Wildman–Crippen LogP) is 3.55. The Labute approximate surface area is 168 Å². The second kappa shape index (κ2) is 18.2. The smallest absolute Gasteiger partial charge is 0.305 e. The van der Waals surface area contributed by atoms with Crippen LogP contribution in [0.15, 0.2) is 72.9 Å². The van der Waals surface area contributed by atoms with E-state index in [0.717, 1.165) is 6.42 Å². The van der Waals surface area contributed by atoms with E-state index in [1.807, 2.05) is 24.3 Å². The predicted molar refractivity (Wildman–Crippen MR) is 114 cm³/mol. The molecule has 0 rings (SSSR count). The van der Waals surface area contributed by atoms with Crippen LogP contribution in [0.2, 0.25) is 0 Å². The summed E-state index contributed by atoms with van der Waals surface area (Å²) in [5.41, 5.74) is 0. The van der Waals surface area contributed by atoms with E-state index in [9.17, 15) is 20.1 Å². The maximum Gasteiger partial charge on any atom is 0.305 e. The molecule has 0 spiro atoms. The largest absolute Gasteiger partial charge is 0.469 e. The summed E-state index contributed by atoms with van der Waals surface area (Å²) in [5.74, 6) is -0.273. The fraction of sp³-hybridized carbons (Fsp3) is 0.435. The maximum absolute atomic E-state index is 10.9. The molecule has 0 radical (unpaired) electrons. The Balaban J connectivity index is 4.06. The van der Waals surface area contributed by atoms with Gasteiger partial charge in [-0.15, -0.1) is 0 Å². The molecule has 0 aromatic carbocycles. The van der Waals surface area contributed by atoms with E-state index in [-0.39, 0.29) is 5.97 Å². The van der Waals surface area contributed by atoms with Crippen molar-refractivity contribution >= 4 is 5.97 Å². The maximum atomic E-state index is 10.9. The minimum absolute atomic E-state index is 0.273. The van der Waals surface area contributed by atoms with Crippen molar-refractivity contribution in [3.8, 4) is 0 Å². The van der Waals surface area contributed by atoms with Crippen LogP contribution in [0.1, 0.15) is 39.0 Å². The molecule has 0 aromatic rings. The van der Waals surface area contributed by atoms with E-state index in [1.165, 1.54) is 13.2 Å². The third-order valence-electron chi connectivity index (χ3n) is 3.66. The van der Waals surface area contributed by atoms with Crippen LogP contribution in [0.3, 0.4) is 0 Å². The number of ether oxygens (including phenoxy) is 1. The van der Waals surface area contributed by atoms with Gasteiger partial charge < -0.3 is 20.1 Å². The average Bonchev–Trinajstić information content (AvgIpc) is 2.69. The molecule has 156 valence electrons. The number of methoxy groups -OCH3 is 1. The standard InChI is InChI=1S/C23H34O5/c1-3-4-10-15-20(24)16-11-7-5-6-8-12-17-21(25)22(26)18-13-9-14-19-23(27)28-2/h4-13,16-17,20-22,24-26H,3,14-15,18-19H2,1-2H3/b7-5-,8-6+,10-4-,13-9-,16-11+,17-12+/t20-,21+,22-/m0/s1. The topological polar surface area (TPSA) is 87.0 Å². The van der Waals surface area contributed by atoms with Crippen molar-refractivity contribution in [3.63, 3.8) is 0 Å². The van der Waals surface area contributed by atoms with Gasteiger partial charge in [-0.1, -0.05) is 79.8 Å². The highest BCUT2D eigenvalue weighted by molar-refractivity contribution is 5.69. The van der Waals surface area contributed by atoms with Gasteiger partial charge in [-0.05, 0) is 25.7 Å². The number of carbonyl (C=O) groups excluding carboxylic acids is 1. The van der Waals surface area contributed by atoms with Crippen LogP contribution in [-0.2, 0) is 9.53 Å². The van der Waals surface area contributed by atoms with Gasteiger partial charge in [-0.3, -0.25) is 4.79 Å². The number of hydrogen-bond acceptors (Lipinski definition) is 5. The summed E-state index contributed by atoms with van der Waals surface area (Å²) >= 11 is 0. The molecule has 28 heavy (non-hydrogen) atoms. The van der Waals surface area contributed by atoms with Crippen LogP contribution in [0.25, 0.3) is 0 Å². The minimum Gasteiger partial charge on any atom is -0.469 e. The first-order valence-electron chi connectivity index (χ1n) is 9.60. The fourth-order valence-corrected chi connectivity index (χ4v) is 2.03. The van der Waals surface area contributed by atoms with Gasteiger partial charge in [0.15, 0.2) is 0 Å². The Bertz CT molecular complexity index is 570. The Morgan fingerprint density at radius 2 is 1.46 bits per heavy atom. The number of carbonyl (C=O) groups is 1. The molecule has 0 aliphatic rings. The highest BCUT2D eigenvalue weighted by Gasteiger charge is 2.10. The Morgan fingerprint density at radius 1 is 0.857 bits per heavy atom. The zero-order chi connectivity index (χ0) is 21.0. The molecule has 0 aliphatic heterocycles. The molecule has 0 heterocycles. The summed E-state index contributed by atoms with van der Waals surface area (Å²) in [6.07, 6.45) is 21.7. The first-order valence-corrected chi connectivity index (χ1v) is 9.60. The van der Waals surface area contributed by atoms with E-state index in [4.69, 9.17) is 0 Å². The molecule has 0 saturated heterocycles. The van der Waals surface area contributed by atoms with Crippen molar-refractivity contribution in [1.29, 1.82) is 0 Å². The molecule has 0 unspecified atom stereocenters. The molecule has 0 amide bonds. The van der Waals surface area contributed by atoms with Crippen molar-refractivity contribution in [2.45, 2.75) is 57.3 Å². The van der Waals surface area contributed by atoms with Crippen LogP contribution in [0, 0.1) is 0 Å². The van der Waals surface area contributed by atoms with Gasteiger partial charge in [-0.2, -0.15) is 0 Å². The van der Waals surface area contributed by atoms with Gasteiger partial charge in [0.2, 0.25) is 0 Å². The number of aliphatic hydroxyl groups excluding tert-OH is 3. The lowest BCUT2D eigenvalue weighted by Gasteiger charge is -2.11. The van der Waals surface area contributed by atoms with Gasteiger partial charge in [0.05, 0.1) is 25.4 Å². The van der Waals surface area contributed by atoms with E-state index >= 15 is 0 Å². The number of esters is 1. The normalized spacial score (nSPS) is 16.3. The number of hydrogen-bond donors (Lipinski definition) is 3. The summed E-state index contributed by atoms with van der Waals surface area (Å²) in [5, 5.41) is 29.4. The number of aliphatic hydroxyl groups is 3. The van der Waals surface area contributed by atoms with Crippen LogP contribution in [-0.4, -0.2) is 46.7 Å². The quantitative estimate of drug-likeness (QED) is 0.240. The van der Waals surface area contributed by atoms with Gasteiger partial charge >= 0.3 is 5.97 Å². The van der Waals surface area contributed by atoms with E-state index in [1.54, 1.807) is 42.5 Å². The highest BCUT2D eigenvalue weighted by Crippen LogP contribution is 2.04. The average molecular weight is 391 g/mol. The van der Waals surface area contributed by atoms with E-state index in [2.05, 4.69) is 11.7 Å². The summed E-state index contributed by atoms with van der Waals surface area (Å²) in [6, 6.07) is 0. The van der Waals surface area contributed by atoms with Gasteiger partial charge in [0.25, 0.3) is 0 Å².